The zero-order chi connectivity index (χ0) is 16.8. The molecule has 124 valence electrons. The van der Waals surface area contributed by atoms with Crippen LogP contribution in [-0.4, -0.2) is 37.0 Å². The summed E-state index contributed by atoms with van der Waals surface area (Å²) in [6.45, 7) is 3.49. The van der Waals surface area contributed by atoms with Gasteiger partial charge in [-0.25, -0.2) is 4.79 Å². The largest absolute Gasteiger partial charge is 0.326 e. The Morgan fingerprint density at radius 2 is 2.04 bits per heavy atom. The highest BCUT2D eigenvalue weighted by molar-refractivity contribution is 7.10. The molecule has 0 saturated carbocycles. The first kappa shape index (κ1) is 15.2. The quantitative estimate of drug-likeness (QED) is 0.910. The van der Waals surface area contributed by atoms with Crippen molar-refractivity contribution >= 4 is 34.6 Å². The van der Waals surface area contributed by atoms with Gasteiger partial charge in [-0.15, -0.1) is 11.3 Å². The minimum atomic E-state index is 0.00253. The van der Waals surface area contributed by atoms with Crippen LogP contribution < -0.4 is 10.2 Å². The molecule has 2 aromatic rings. The standard InChI is InChI=1S/C18H19N3O2S/c1-11-5-8-24-17(11)14-10-16(22)19-15-9-12(3-4-13(14)15)21-7-6-20(2)18(21)23/h3-5,8-9,14H,6-7,10H2,1-2H3,(H,19,22). The van der Waals surface area contributed by atoms with Crippen LogP contribution in [0.15, 0.2) is 29.6 Å². The molecule has 1 aromatic heterocycles. The monoisotopic (exact) mass is 341 g/mol. The number of benzene rings is 1. The van der Waals surface area contributed by atoms with Crippen LogP contribution in [0.2, 0.25) is 0 Å². The Hall–Kier alpha value is -2.34. The van der Waals surface area contributed by atoms with Gasteiger partial charge in [0.2, 0.25) is 5.91 Å². The molecule has 0 bridgehead atoms. The third-order valence-corrected chi connectivity index (χ3v) is 5.95. The molecular formula is C18H19N3O2S. The van der Waals surface area contributed by atoms with E-state index in [0.29, 0.717) is 13.0 Å². The van der Waals surface area contributed by atoms with Gasteiger partial charge in [0.05, 0.1) is 0 Å². The van der Waals surface area contributed by atoms with Gasteiger partial charge in [-0.05, 0) is 41.6 Å². The molecule has 3 heterocycles. The number of anilines is 2. The molecule has 24 heavy (non-hydrogen) atoms. The number of thiophene rings is 1. The number of likely N-dealkylation sites (N-methyl/N-ethyl adjacent to an activating group) is 1. The smallest absolute Gasteiger partial charge is 0.324 e. The van der Waals surface area contributed by atoms with E-state index in [1.165, 1.54) is 10.4 Å². The van der Waals surface area contributed by atoms with Gasteiger partial charge in [-0.2, -0.15) is 0 Å². The third-order valence-electron chi connectivity index (χ3n) is 4.82. The molecule has 1 aromatic carbocycles. The minimum Gasteiger partial charge on any atom is -0.326 e. The van der Waals surface area contributed by atoms with Gasteiger partial charge in [-0.1, -0.05) is 6.07 Å². The van der Waals surface area contributed by atoms with Gasteiger partial charge < -0.3 is 10.2 Å². The van der Waals surface area contributed by atoms with Crippen molar-refractivity contribution in [1.82, 2.24) is 4.90 Å². The number of hydrogen-bond donors (Lipinski definition) is 1. The Morgan fingerprint density at radius 3 is 2.71 bits per heavy atom. The molecule has 0 radical (unpaired) electrons. The Balaban J connectivity index is 1.74. The van der Waals surface area contributed by atoms with E-state index in [0.717, 1.165) is 23.5 Å². The van der Waals surface area contributed by atoms with Gasteiger partial charge in [-0.3, -0.25) is 9.69 Å². The van der Waals surface area contributed by atoms with Crippen molar-refractivity contribution in [2.45, 2.75) is 19.3 Å². The average molecular weight is 341 g/mol. The Morgan fingerprint density at radius 1 is 1.21 bits per heavy atom. The average Bonchev–Trinajstić information content (AvgIpc) is 3.12. The highest BCUT2D eigenvalue weighted by atomic mass is 32.1. The van der Waals surface area contributed by atoms with Crippen LogP contribution in [-0.2, 0) is 4.79 Å². The van der Waals surface area contributed by atoms with Crippen LogP contribution in [0, 0.1) is 6.92 Å². The van der Waals surface area contributed by atoms with E-state index < -0.39 is 0 Å². The second-order valence-electron chi connectivity index (χ2n) is 6.40. The summed E-state index contributed by atoms with van der Waals surface area (Å²) in [7, 11) is 1.80. The van der Waals surface area contributed by atoms with Gasteiger partial charge in [0.25, 0.3) is 0 Å². The predicted molar refractivity (Wildman–Crippen MR) is 96.0 cm³/mol. The van der Waals surface area contributed by atoms with Crippen molar-refractivity contribution in [1.29, 1.82) is 0 Å². The summed E-state index contributed by atoms with van der Waals surface area (Å²) in [5.41, 5.74) is 4.02. The van der Waals surface area contributed by atoms with Crippen molar-refractivity contribution in [2.24, 2.45) is 0 Å². The highest BCUT2D eigenvalue weighted by Crippen LogP contribution is 2.42. The summed E-state index contributed by atoms with van der Waals surface area (Å²) in [5, 5.41) is 5.05. The van der Waals surface area contributed by atoms with Crippen LogP contribution in [0.1, 0.15) is 28.3 Å². The number of nitrogens with zero attached hydrogens (tertiary/aromatic N) is 2. The molecule has 1 fully saturated rings. The summed E-state index contributed by atoms with van der Waals surface area (Å²) in [4.78, 5) is 29.1. The molecule has 1 saturated heterocycles. The normalized spacial score (nSPS) is 20.3. The summed E-state index contributed by atoms with van der Waals surface area (Å²) >= 11 is 1.70. The van der Waals surface area contributed by atoms with Crippen LogP contribution in [0.25, 0.3) is 0 Å². The first-order valence-electron chi connectivity index (χ1n) is 8.05. The fraction of sp³-hybridized carbons (Fsp3) is 0.333. The predicted octanol–water partition coefficient (Wildman–Crippen LogP) is 3.40. The van der Waals surface area contributed by atoms with Crippen molar-refractivity contribution < 1.29 is 9.59 Å². The molecule has 6 heteroatoms. The SMILES string of the molecule is Cc1ccsc1C1CC(=O)Nc2cc(N3CCN(C)C3=O)ccc21. The molecule has 1 atom stereocenters. The van der Waals surface area contributed by atoms with Gasteiger partial charge in [0.15, 0.2) is 0 Å². The Labute approximate surface area is 144 Å². The maximum atomic E-state index is 12.2. The van der Waals surface area contributed by atoms with E-state index in [1.807, 2.05) is 12.1 Å². The molecule has 0 spiro atoms. The maximum Gasteiger partial charge on any atom is 0.324 e. The van der Waals surface area contributed by atoms with E-state index in [4.69, 9.17) is 0 Å². The highest BCUT2D eigenvalue weighted by Gasteiger charge is 2.31. The zero-order valence-electron chi connectivity index (χ0n) is 13.7. The molecular weight excluding hydrogens is 322 g/mol. The second kappa shape index (κ2) is 5.63. The number of rotatable bonds is 2. The number of fused-ring (bicyclic) bond motifs is 1. The second-order valence-corrected chi connectivity index (χ2v) is 7.35. The number of nitrogens with one attached hydrogen (secondary N) is 1. The van der Waals surface area contributed by atoms with Crippen LogP contribution in [0.5, 0.6) is 0 Å². The number of carbonyl (C=O) groups excluding carboxylic acids is 2. The molecule has 3 amide bonds. The Bertz CT molecular complexity index is 829. The lowest BCUT2D eigenvalue weighted by molar-refractivity contribution is -0.116. The first-order chi connectivity index (χ1) is 11.5. The topological polar surface area (TPSA) is 52.7 Å². The van der Waals surface area contributed by atoms with E-state index in [-0.39, 0.29) is 17.9 Å². The first-order valence-corrected chi connectivity index (χ1v) is 8.93. The van der Waals surface area contributed by atoms with Crippen molar-refractivity contribution in [3.8, 4) is 0 Å². The molecule has 1 N–H and O–H groups in total. The molecule has 1 unspecified atom stereocenters. The van der Waals surface area contributed by atoms with E-state index in [1.54, 1.807) is 28.2 Å². The lowest BCUT2D eigenvalue weighted by atomic mass is 9.87. The number of hydrogen-bond acceptors (Lipinski definition) is 3. The summed E-state index contributed by atoms with van der Waals surface area (Å²) in [6.07, 6.45) is 0.471. The number of amides is 3. The van der Waals surface area contributed by atoms with Gasteiger partial charge in [0.1, 0.15) is 0 Å². The van der Waals surface area contributed by atoms with Crippen LogP contribution >= 0.6 is 11.3 Å². The number of aryl methyl sites for hydroxylation is 1. The minimum absolute atomic E-state index is 0.00253. The van der Waals surface area contributed by atoms with Crippen molar-refractivity contribution in [3.05, 3.63) is 45.6 Å². The fourth-order valence-corrected chi connectivity index (χ4v) is 4.53. The van der Waals surface area contributed by atoms with E-state index >= 15 is 0 Å². The van der Waals surface area contributed by atoms with Gasteiger partial charge >= 0.3 is 6.03 Å². The number of carbonyl (C=O) groups is 2. The van der Waals surface area contributed by atoms with E-state index in [9.17, 15) is 9.59 Å². The molecule has 2 aliphatic rings. The van der Waals surface area contributed by atoms with E-state index in [2.05, 4.69) is 29.8 Å². The molecule has 4 rings (SSSR count). The maximum absolute atomic E-state index is 12.2. The van der Waals surface area contributed by atoms with Crippen LogP contribution in [0.3, 0.4) is 0 Å². The molecule has 2 aliphatic heterocycles. The fourth-order valence-electron chi connectivity index (χ4n) is 3.48. The summed E-state index contributed by atoms with van der Waals surface area (Å²) in [5.74, 6) is 0.127. The number of urea groups is 1. The van der Waals surface area contributed by atoms with Crippen LogP contribution in [0.4, 0.5) is 16.2 Å². The molecule has 0 aliphatic carbocycles. The Kier molecular flexibility index (Phi) is 3.57. The van der Waals surface area contributed by atoms with Gasteiger partial charge in [0, 0.05) is 48.7 Å². The van der Waals surface area contributed by atoms with Crippen molar-refractivity contribution in [3.63, 3.8) is 0 Å². The molecule has 5 nitrogen and oxygen atoms in total. The zero-order valence-corrected chi connectivity index (χ0v) is 14.5. The summed E-state index contributed by atoms with van der Waals surface area (Å²) in [6, 6.07) is 8.07. The lowest BCUT2D eigenvalue weighted by Crippen LogP contribution is -2.30. The summed E-state index contributed by atoms with van der Waals surface area (Å²) < 4.78 is 0. The third kappa shape index (κ3) is 2.38. The lowest BCUT2D eigenvalue weighted by Gasteiger charge is -2.27. The van der Waals surface area contributed by atoms with Crippen molar-refractivity contribution in [2.75, 3.05) is 30.4 Å².